The fourth-order valence-corrected chi connectivity index (χ4v) is 3.33. The molecule has 0 saturated carbocycles. The molecule has 3 N–H and O–H groups in total. The molecule has 0 radical (unpaired) electrons. The van der Waals surface area contributed by atoms with Gasteiger partial charge in [0.25, 0.3) is 0 Å². The quantitative estimate of drug-likeness (QED) is 0.490. The fraction of sp³-hybridized carbons (Fsp3) is 0.625. The van der Waals surface area contributed by atoms with Gasteiger partial charge in [0.1, 0.15) is 0 Å². The van der Waals surface area contributed by atoms with E-state index >= 15 is 0 Å². The minimum absolute atomic E-state index is 0. The molecule has 1 saturated heterocycles. The van der Waals surface area contributed by atoms with E-state index in [9.17, 15) is 27.2 Å². The van der Waals surface area contributed by atoms with Gasteiger partial charge in [-0.2, -0.15) is 17.6 Å². The average molecular weight is 432 g/mol. The van der Waals surface area contributed by atoms with Gasteiger partial charge in [-0.15, -0.1) is 23.7 Å². The maximum absolute atomic E-state index is 13.1. The topological polar surface area (TPSA) is 75.4 Å². The molecule has 1 fully saturated rings. The van der Waals surface area contributed by atoms with E-state index in [1.807, 2.05) is 17.5 Å². The Bertz CT molecular complexity index is 615. The molecule has 2 amide bonds. The third-order valence-electron chi connectivity index (χ3n) is 4.12. The van der Waals surface area contributed by atoms with Crippen molar-refractivity contribution in [1.29, 1.82) is 0 Å². The summed E-state index contributed by atoms with van der Waals surface area (Å²) in [6.45, 7) is -2.23. The van der Waals surface area contributed by atoms with Crippen molar-refractivity contribution in [3.8, 4) is 0 Å². The number of likely N-dealkylation sites (tertiary alicyclic amines) is 1. The Morgan fingerprint density at radius 3 is 2.41 bits per heavy atom. The van der Waals surface area contributed by atoms with Crippen molar-refractivity contribution in [3.63, 3.8) is 0 Å². The van der Waals surface area contributed by atoms with Crippen LogP contribution in [0.4, 0.5) is 17.6 Å². The monoisotopic (exact) mass is 431 g/mol. The SMILES string of the molecule is Cl.N[C@@H](CCCCNC(=O)Cc1cccs1)C(=O)N1CC(F)(F)C(F)(F)C1. The maximum Gasteiger partial charge on any atom is 0.329 e. The third kappa shape index (κ3) is 6.32. The third-order valence-corrected chi connectivity index (χ3v) is 5.00. The number of alkyl halides is 4. The smallest absolute Gasteiger partial charge is 0.329 e. The number of hydrogen-bond acceptors (Lipinski definition) is 4. The molecule has 0 aromatic carbocycles. The highest BCUT2D eigenvalue weighted by molar-refractivity contribution is 7.10. The molecule has 0 unspecified atom stereocenters. The van der Waals surface area contributed by atoms with Gasteiger partial charge in [0.05, 0.1) is 25.6 Å². The first-order chi connectivity index (χ1) is 12.1. The van der Waals surface area contributed by atoms with Crippen molar-refractivity contribution >= 4 is 35.6 Å². The number of nitrogens with two attached hydrogens (primary N) is 1. The first-order valence-electron chi connectivity index (χ1n) is 8.21. The molecule has 2 rings (SSSR count). The number of hydrogen-bond donors (Lipinski definition) is 2. The van der Waals surface area contributed by atoms with Crippen LogP contribution in [0.25, 0.3) is 0 Å². The van der Waals surface area contributed by atoms with Gasteiger partial charge in [-0.25, -0.2) is 0 Å². The van der Waals surface area contributed by atoms with Crippen LogP contribution in [-0.2, 0) is 16.0 Å². The van der Waals surface area contributed by atoms with E-state index in [1.54, 1.807) is 0 Å². The van der Waals surface area contributed by atoms with E-state index < -0.39 is 36.9 Å². The number of halogens is 5. The standard InChI is InChI=1S/C16H21F4N3O2S.ClH/c17-15(18)9-23(10-16(15,19)20)14(25)12(21)5-1-2-6-22-13(24)8-11-4-3-7-26-11;/h3-4,7,12H,1-2,5-6,8-10,21H2,(H,22,24);1H/t12-;/m0./s1. The normalized spacial score (nSPS) is 18.6. The summed E-state index contributed by atoms with van der Waals surface area (Å²) in [4.78, 5) is 25.0. The van der Waals surface area contributed by atoms with E-state index in [0.29, 0.717) is 30.7 Å². The second-order valence-corrected chi connectivity index (χ2v) is 7.34. The summed E-state index contributed by atoms with van der Waals surface area (Å²) in [6, 6.07) is 2.61. The largest absolute Gasteiger partial charge is 0.356 e. The zero-order chi connectivity index (χ0) is 19.4. The van der Waals surface area contributed by atoms with Gasteiger partial charge in [0.2, 0.25) is 11.8 Å². The van der Waals surface area contributed by atoms with Crippen molar-refractivity contribution in [2.24, 2.45) is 5.73 Å². The van der Waals surface area contributed by atoms with Crippen molar-refractivity contribution in [2.75, 3.05) is 19.6 Å². The van der Waals surface area contributed by atoms with Gasteiger partial charge in [0, 0.05) is 11.4 Å². The molecule has 11 heteroatoms. The highest BCUT2D eigenvalue weighted by Gasteiger charge is 2.64. The predicted octanol–water partition coefficient (Wildman–Crippen LogP) is 2.44. The summed E-state index contributed by atoms with van der Waals surface area (Å²) >= 11 is 1.49. The minimum atomic E-state index is -4.23. The van der Waals surface area contributed by atoms with Crippen LogP contribution in [0.1, 0.15) is 24.1 Å². The summed E-state index contributed by atoms with van der Waals surface area (Å²) in [6.07, 6.45) is 1.48. The van der Waals surface area contributed by atoms with Crippen molar-refractivity contribution in [1.82, 2.24) is 10.2 Å². The Balaban J connectivity index is 0.00000364. The molecule has 0 bridgehead atoms. The van der Waals surface area contributed by atoms with Crippen LogP contribution in [-0.4, -0.2) is 54.2 Å². The van der Waals surface area contributed by atoms with Gasteiger partial charge in [-0.1, -0.05) is 6.07 Å². The van der Waals surface area contributed by atoms with Crippen LogP contribution >= 0.6 is 23.7 Å². The molecule has 27 heavy (non-hydrogen) atoms. The summed E-state index contributed by atoms with van der Waals surface area (Å²) in [7, 11) is 0. The number of thiophene rings is 1. The number of rotatable bonds is 8. The lowest BCUT2D eigenvalue weighted by Crippen LogP contribution is -2.43. The van der Waals surface area contributed by atoms with E-state index in [0.717, 1.165) is 4.88 Å². The number of carbonyl (C=O) groups is 2. The van der Waals surface area contributed by atoms with Crippen LogP contribution in [0.3, 0.4) is 0 Å². The number of nitrogens with one attached hydrogen (secondary N) is 1. The summed E-state index contributed by atoms with van der Waals surface area (Å²) in [5, 5.41) is 4.62. The fourth-order valence-electron chi connectivity index (χ4n) is 2.63. The van der Waals surface area contributed by atoms with E-state index in [-0.39, 0.29) is 24.7 Å². The number of amides is 2. The second kappa shape index (κ2) is 9.70. The molecule has 154 valence electrons. The lowest BCUT2D eigenvalue weighted by Gasteiger charge is -2.19. The highest BCUT2D eigenvalue weighted by atomic mass is 35.5. The second-order valence-electron chi connectivity index (χ2n) is 6.31. The Kier molecular flexibility index (Phi) is 8.49. The molecule has 1 aliphatic heterocycles. The van der Waals surface area contributed by atoms with E-state index in [4.69, 9.17) is 5.73 Å². The summed E-state index contributed by atoms with van der Waals surface area (Å²) in [5.41, 5.74) is 5.64. The number of nitrogens with zero attached hydrogens (tertiary/aromatic N) is 1. The Hall–Kier alpha value is -1.39. The van der Waals surface area contributed by atoms with Crippen molar-refractivity contribution in [3.05, 3.63) is 22.4 Å². The van der Waals surface area contributed by atoms with Gasteiger partial charge in [0.15, 0.2) is 0 Å². The molecule has 1 aromatic heterocycles. The minimum Gasteiger partial charge on any atom is -0.356 e. The zero-order valence-electron chi connectivity index (χ0n) is 14.4. The van der Waals surface area contributed by atoms with Crippen molar-refractivity contribution < 1.29 is 27.2 Å². The molecule has 5 nitrogen and oxygen atoms in total. The van der Waals surface area contributed by atoms with Crippen LogP contribution in [0.2, 0.25) is 0 Å². The predicted molar refractivity (Wildman–Crippen MR) is 96.6 cm³/mol. The molecular formula is C16H22ClF4N3O2S. The average Bonchev–Trinajstić information content (AvgIpc) is 3.12. The first-order valence-corrected chi connectivity index (χ1v) is 9.09. The molecule has 2 heterocycles. The van der Waals surface area contributed by atoms with E-state index in [1.165, 1.54) is 11.3 Å². The Morgan fingerprint density at radius 1 is 1.22 bits per heavy atom. The van der Waals surface area contributed by atoms with Crippen LogP contribution in [0.5, 0.6) is 0 Å². The van der Waals surface area contributed by atoms with Crippen LogP contribution in [0.15, 0.2) is 17.5 Å². The molecule has 1 atom stereocenters. The van der Waals surface area contributed by atoms with E-state index in [2.05, 4.69) is 5.32 Å². The summed E-state index contributed by atoms with van der Waals surface area (Å²) < 4.78 is 52.5. The van der Waals surface area contributed by atoms with Crippen molar-refractivity contribution in [2.45, 2.75) is 43.6 Å². The summed E-state index contributed by atoms with van der Waals surface area (Å²) in [5.74, 6) is -9.47. The van der Waals surface area contributed by atoms with Gasteiger partial charge >= 0.3 is 11.8 Å². The highest BCUT2D eigenvalue weighted by Crippen LogP contribution is 2.41. The van der Waals surface area contributed by atoms with Gasteiger partial charge < -0.3 is 16.0 Å². The Labute approximate surface area is 164 Å². The molecule has 0 aliphatic carbocycles. The van der Waals surface area contributed by atoms with Crippen LogP contribution in [0, 0.1) is 0 Å². The molecule has 1 aromatic rings. The first kappa shape index (κ1) is 23.6. The lowest BCUT2D eigenvalue weighted by atomic mass is 10.1. The van der Waals surface area contributed by atoms with Gasteiger partial charge in [-0.05, 0) is 30.7 Å². The number of unbranched alkanes of at least 4 members (excludes halogenated alkanes) is 1. The number of carbonyl (C=O) groups excluding carboxylic acids is 2. The maximum atomic E-state index is 13.1. The molecule has 1 aliphatic rings. The molecule has 0 spiro atoms. The van der Waals surface area contributed by atoms with Gasteiger partial charge in [-0.3, -0.25) is 9.59 Å². The van der Waals surface area contributed by atoms with Crippen LogP contribution < -0.4 is 11.1 Å². The Morgan fingerprint density at radius 2 is 1.85 bits per heavy atom. The molecular weight excluding hydrogens is 410 g/mol. The lowest BCUT2D eigenvalue weighted by molar-refractivity contribution is -0.172. The zero-order valence-corrected chi connectivity index (χ0v) is 16.1.